The van der Waals surface area contributed by atoms with Crippen molar-refractivity contribution in [3.05, 3.63) is 11.6 Å². The zero-order valence-electron chi connectivity index (χ0n) is 14.0. The van der Waals surface area contributed by atoms with E-state index >= 15 is 0 Å². The number of hydrogen-bond acceptors (Lipinski definition) is 5. The Morgan fingerprint density at radius 3 is 2.67 bits per heavy atom. The number of carbonyl (C=O) groups excluding carboxylic acids is 1. The Labute approximate surface area is 141 Å². The Morgan fingerprint density at radius 2 is 2.08 bits per heavy atom. The highest BCUT2D eigenvalue weighted by Gasteiger charge is 2.34. The predicted octanol–water partition coefficient (Wildman–Crippen LogP) is 1.91. The molecule has 3 fully saturated rings. The molecule has 0 aromatic carbocycles. The van der Waals surface area contributed by atoms with Gasteiger partial charge in [-0.05, 0) is 31.1 Å². The number of carbonyl (C=O) groups is 1. The normalized spacial score (nSPS) is 26.2. The maximum atomic E-state index is 12.2. The van der Waals surface area contributed by atoms with Gasteiger partial charge >= 0.3 is 6.03 Å². The Morgan fingerprint density at radius 1 is 1.38 bits per heavy atom. The molecule has 2 saturated carbocycles. The van der Waals surface area contributed by atoms with Crippen LogP contribution < -0.4 is 10.2 Å². The molecule has 4 rings (SSSR count). The van der Waals surface area contributed by atoms with Crippen LogP contribution in [-0.2, 0) is 0 Å². The van der Waals surface area contributed by atoms with Gasteiger partial charge in [0, 0.05) is 38.6 Å². The van der Waals surface area contributed by atoms with Gasteiger partial charge in [-0.15, -0.1) is 0 Å². The van der Waals surface area contributed by atoms with Crippen molar-refractivity contribution in [1.29, 1.82) is 5.26 Å². The number of anilines is 1. The first-order chi connectivity index (χ1) is 11.7. The van der Waals surface area contributed by atoms with E-state index in [0.29, 0.717) is 55.5 Å². The Balaban J connectivity index is 1.32. The number of hydrogen-bond donors (Lipinski definition) is 1. The summed E-state index contributed by atoms with van der Waals surface area (Å²) in [6.45, 7) is 5.61. The number of nitrogens with zero attached hydrogens (tertiary/aromatic N) is 4. The molecule has 7 nitrogen and oxygen atoms in total. The smallest absolute Gasteiger partial charge is 0.317 e. The lowest BCUT2D eigenvalue weighted by atomic mass is 10.3. The molecule has 1 aromatic rings. The van der Waals surface area contributed by atoms with E-state index in [0.717, 1.165) is 25.3 Å². The molecule has 24 heavy (non-hydrogen) atoms. The van der Waals surface area contributed by atoms with Gasteiger partial charge in [0.2, 0.25) is 17.5 Å². The van der Waals surface area contributed by atoms with Crippen LogP contribution in [0.2, 0.25) is 0 Å². The van der Waals surface area contributed by atoms with Crippen LogP contribution in [-0.4, -0.2) is 48.6 Å². The first kappa shape index (κ1) is 15.3. The average Bonchev–Trinajstić information content (AvgIpc) is 3.52. The van der Waals surface area contributed by atoms with Crippen LogP contribution in [0.4, 0.5) is 10.7 Å². The number of piperazine rings is 1. The summed E-state index contributed by atoms with van der Waals surface area (Å²) < 4.78 is 5.84. The van der Waals surface area contributed by atoms with Crippen molar-refractivity contribution in [3.8, 4) is 6.07 Å². The molecule has 0 bridgehead atoms. The zero-order valence-corrected chi connectivity index (χ0v) is 14.0. The fourth-order valence-corrected chi connectivity index (χ4v) is 3.25. The van der Waals surface area contributed by atoms with Crippen LogP contribution in [0.3, 0.4) is 0 Å². The second-order valence-electron chi connectivity index (χ2n) is 7.23. The van der Waals surface area contributed by atoms with Crippen LogP contribution in [0.15, 0.2) is 4.42 Å². The van der Waals surface area contributed by atoms with Crippen molar-refractivity contribution >= 4 is 11.9 Å². The Bertz CT molecular complexity index is 667. The predicted molar refractivity (Wildman–Crippen MR) is 87.6 cm³/mol. The monoisotopic (exact) mass is 329 g/mol. The van der Waals surface area contributed by atoms with Crippen molar-refractivity contribution < 1.29 is 9.21 Å². The molecule has 2 heterocycles. The van der Waals surface area contributed by atoms with Crippen LogP contribution >= 0.6 is 0 Å². The molecular weight excluding hydrogens is 306 g/mol. The molecule has 3 aliphatic rings. The number of nitriles is 1. The van der Waals surface area contributed by atoms with Crippen LogP contribution in [0.25, 0.3) is 0 Å². The molecule has 0 radical (unpaired) electrons. The van der Waals surface area contributed by atoms with E-state index < -0.39 is 0 Å². The third-order valence-corrected chi connectivity index (χ3v) is 5.30. The third kappa shape index (κ3) is 3.05. The average molecular weight is 329 g/mol. The van der Waals surface area contributed by atoms with E-state index in [-0.39, 0.29) is 6.03 Å². The van der Waals surface area contributed by atoms with Crippen molar-refractivity contribution in [2.45, 2.75) is 32.1 Å². The molecule has 7 heteroatoms. The minimum Gasteiger partial charge on any atom is -0.423 e. The quantitative estimate of drug-likeness (QED) is 0.912. The molecule has 1 aromatic heterocycles. The highest BCUT2D eigenvalue weighted by molar-refractivity contribution is 5.74. The van der Waals surface area contributed by atoms with Crippen molar-refractivity contribution in [1.82, 2.24) is 15.2 Å². The van der Waals surface area contributed by atoms with Gasteiger partial charge in [-0.3, -0.25) is 0 Å². The summed E-state index contributed by atoms with van der Waals surface area (Å²) in [4.78, 5) is 20.4. The SMILES string of the molecule is C[C@H]1C[C@@H]1CNC(=O)N1CCN(c2oc(C3CC3)nc2C#N)CC1. The second kappa shape index (κ2) is 6.00. The largest absolute Gasteiger partial charge is 0.423 e. The molecule has 2 atom stereocenters. The number of urea groups is 1. The van der Waals surface area contributed by atoms with E-state index in [2.05, 4.69) is 23.3 Å². The van der Waals surface area contributed by atoms with E-state index in [1.807, 2.05) is 9.80 Å². The number of rotatable bonds is 4. The minimum absolute atomic E-state index is 0.0190. The number of oxazole rings is 1. The second-order valence-corrected chi connectivity index (χ2v) is 7.23. The third-order valence-electron chi connectivity index (χ3n) is 5.30. The van der Waals surface area contributed by atoms with Gasteiger partial charge in [0.1, 0.15) is 6.07 Å². The lowest BCUT2D eigenvalue weighted by Crippen LogP contribution is -2.52. The maximum Gasteiger partial charge on any atom is 0.317 e. The minimum atomic E-state index is 0.0190. The molecule has 1 aliphatic heterocycles. The highest BCUT2D eigenvalue weighted by Crippen LogP contribution is 2.41. The summed E-state index contributed by atoms with van der Waals surface area (Å²) in [7, 11) is 0. The Hall–Kier alpha value is -2.23. The fourth-order valence-electron chi connectivity index (χ4n) is 3.25. The number of nitrogens with one attached hydrogen (secondary N) is 1. The highest BCUT2D eigenvalue weighted by atomic mass is 16.4. The van der Waals surface area contributed by atoms with Crippen LogP contribution in [0.1, 0.15) is 43.7 Å². The van der Waals surface area contributed by atoms with Crippen molar-refractivity contribution in [2.24, 2.45) is 11.8 Å². The van der Waals surface area contributed by atoms with Gasteiger partial charge in [0.25, 0.3) is 0 Å². The molecule has 1 saturated heterocycles. The summed E-state index contributed by atoms with van der Waals surface area (Å²) >= 11 is 0. The standard InChI is InChI=1S/C17H23N5O2/c1-11-8-13(11)10-19-17(23)22-6-4-21(5-7-22)16-14(9-18)20-15(24-16)12-2-3-12/h11-13H,2-8,10H2,1H3,(H,19,23)/t11-,13+/m0/s1. The summed E-state index contributed by atoms with van der Waals surface area (Å²) in [6.07, 6.45) is 3.41. The summed E-state index contributed by atoms with van der Waals surface area (Å²) in [6, 6.07) is 2.15. The lowest BCUT2D eigenvalue weighted by Gasteiger charge is -2.34. The maximum absolute atomic E-state index is 12.2. The fraction of sp³-hybridized carbons (Fsp3) is 0.706. The van der Waals surface area contributed by atoms with E-state index in [9.17, 15) is 10.1 Å². The van der Waals surface area contributed by atoms with E-state index in [1.54, 1.807) is 0 Å². The topological polar surface area (TPSA) is 85.4 Å². The summed E-state index contributed by atoms with van der Waals surface area (Å²) in [5, 5.41) is 12.3. The summed E-state index contributed by atoms with van der Waals surface area (Å²) in [5.74, 6) is 3.07. The molecule has 2 aliphatic carbocycles. The molecule has 2 amide bonds. The lowest BCUT2D eigenvalue weighted by molar-refractivity contribution is 0.193. The molecule has 128 valence electrons. The number of aromatic nitrogens is 1. The van der Waals surface area contributed by atoms with Gasteiger partial charge in [-0.2, -0.15) is 5.26 Å². The van der Waals surface area contributed by atoms with Gasteiger partial charge in [-0.25, -0.2) is 9.78 Å². The van der Waals surface area contributed by atoms with E-state index in [1.165, 1.54) is 6.42 Å². The van der Waals surface area contributed by atoms with Gasteiger partial charge in [-0.1, -0.05) is 6.92 Å². The van der Waals surface area contributed by atoms with Gasteiger partial charge < -0.3 is 19.5 Å². The Kier molecular flexibility index (Phi) is 3.83. The first-order valence-corrected chi connectivity index (χ1v) is 8.84. The first-order valence-electron chi connectivity index (χ1n) is 8.84. The van der Waals surface area contributed by atoms with Crippen LogP contribution in [0, 0.1) is 23.2 Å². The van der Waals surface area contributed by atoms with Gasteiger partial charge in [0.15, 0.2) is 0 Å². The van der Waals surface area contributed by atoms with Crippen LogP contribution in [0.5, 0.6) is 0 Å². The molecular formula is C17H23N5O2. The van der Waals surface area contributed by atoms with Crippen molar-refractivity contribution in [2.75, 3.05) is 37.6 Å². The molecule has 0 unspecified atom stereocenters. The zero-order chi connectivity index (χ0) is 16.7. The molecule has 0 spiro atoms. The van der Waals surface area contributed by atoms with Crippen molar-refractivity contribution in [3.63, 3.8) is 0 Å². The number of amides is 2. The summed E-state index contributed by atoms with van der Waals surface area (Å²) in [5.41, 5.74) is 0.373. The molecule has 1 N–H and O–H groups in total. The van der Waals surface area contributed by atoms with E-state index in [4.69, 9.17) is 4.42 Å². The van der Waals surface area contributed by atoms with Gasteiger partial charge in [0.05, 0.1) is 0 Å².